The zero-order valence-electron chi connectivity index (χ0n) is 4.05. The Bertz CT molecular complexity index is 89.7. The SMILES string of the molecule is COC1=N[CH]OC1. The lowest BCUT2D eigenvalue weighted by atomic mass is 10.7. The molecule has 7 heavy (non-hydrogen) atoms. The predicted octanol–water partition coefficient (Wildman–Crippen LogP) is 0.181. The van der Waals surface area contributed by atoms with Gasteiger partial charge in [0.05, 0.1) is 7.11 Å². The highest BCUT2D eigenvalue weighted by molar-refractivity contribution is 5.78. The third-order valence-corrected chi connectivity index (χ3v) is 0.714. The van der Waals surface area contributed by atoms with Gasteiger partial charge in [0.25, 0.3) is 0 Å². The van der Waals surface area contributed by atoms with Crippen molar-refractivity contribution in [3.8, 4) is 0 Å². The van der Waals surface area contributed by atoms with Crippen LogP contribution < -0.4 is 0 Å². The van der Waals surface area contributed by atoms with Crippen LogP contribution in [-0.4, -0.2) is 19.6 Å². The second-order valence-electron chi connectivity index (χ2n) is 1.14. The number of aliphatic imine (C=N–C) groups is 1. The number of rotatable bonds is 0. The van der Waals surface area contributed by atoms with E-state index in [1.807, 2.05) is 0 Å². The Labute approximate surface area is 42.0 Å². The third-order valence-electron chi connectivity index (χ3n) is 0.714. The lowest BCUT2D eigenvalue weighted by Gasteiger charge is -1.90. The molecule has 39 valence electrons. The first-order valence-electron chi connectivity index (χ1n) is 1.97. The van der Waals surface area contributed by atoms with Gasteiger partial charge in [0.2, 0.25) is 5.90 Å². The molecule has 0 aromatic carbocycles. The predicted molar refractivity (Wildman–Crippen MR) is 24.7 cm³/mol. The maximum atomic E-state index is 4.70. The van der Waals surface area contributed by atoms with Gasteiger partial charge in [0.15, 0.2) is 6.73 Å². The van der Waals surface area contributed by atoms with Gasteiger partial charge in [-0.3, -0.25) is 0 Å². The zero-order chi connectivity index (χ0) is 5.11. The van der Waals surface area contributed by atoms with Gasteiger partial charge in [-0.15, -0.1) is 0 Å². The molecule has 0 unspecified atom stereocenters. The van der Waals surface area contributed by atoms with Crippen molar-refractivity contribution >= 4 is 5.90 Å². The first-order chi connectivity index (χ1) is 3.43. The fourth-order valence-corrected chi connectivity index (χ4v) is 0.354. The highest BCUT2D eigenvalue weighted by Gasteiger charge is 2.03. The molecule has 0 N–H and O–H groups in total. The van der Waals surface area contributed by atoms with Gasteiger partial charge < -0.3 is 9.47 Å². The van der Waals surface area contributed by atoms with Crippen molar-refractivity contribution in [2.24, 2.45) is 4.99 Å². The van der Waals surface area contributed by atoms with Crippen molar-refractivity contribution < 1.29 is 9.47 Å². The Kier molecular flexibility index (Phi) is 1.26. The normalized spacial score (nSPS) is 19.3. The van der Waals surface area contributed by atoms with E-state index in [1.54, 1.807) is 7.11 Å². The molecule has 0 aliphatic carbocycles. The Balaban J connectivity index is 2.36. The molecule has 3 heteroatoms. The summed E-state index contributed by atoms with van der Waals surface area (Å²) in [5.74, 6) is 0.639. The monoisotopic (exact) mass is 100 g/mol. The fraction of sp³-hybridized carbons (Fsp3) is 0.500. The van der Waals surface area contributed by atoms with Crippen molar-refractivity contribution in [3.63, 3.8) is 0 Å². The van der Waals surface area contributed by atoms with Crippen LogP contribution in [0.4, 0.5) is 0 Å². The van der Waals surface area contributed by atoms with E-state index in [-0.39, 0.29) is 0 Å². The molecule has 0 saturated heterocycles. The van der Waals surface area contributed by atoms with Gasteiger partial charge in [0.1, 0.15) is 6.61 Å². The number of methoxy groups -OCH3 is 1. The number of hydrogen-bond donors (Lipinski definition) is 0. The van der Waals surface area contributed by atoms with Crippen molar-refractivity contribution in [1.82, 2.24) is 0 Å². The lowest BCUT2D eigenvalue weighted by Crippen LogP contribution is -2.01. The van der Waals surface area contributed by atoms with Crippen LogP contribution in [0.5, 0.6) is 0 Å². The molecule has 1 heterocycles. The van der Waals surface area contributed by atoms with Crippen molar-refractivity contribution in [3.05, 3.63) is 6.73 Å². The Morgan fingerprint density at radius 2 is 2.86 bits per heavy atom. The molecule has 0 amide bonds. The average Bonchev–Trinajstić information content (AvgIpc) is 2.14. The average molecular weight is 100 g/mol. The van der Waals surface area contributed by atoms with E-state index < -0.39 is 0 Å². The molecule has 0 saturated carbocycles. The molecule has 0 bridgehead atoms. The minimum Gasteiger partial charge on any atom is -0.483 e. The summed E-state index contributed by atoms with van der Waals surface area (Å²) in [6.45, 7) is 1.86. The standard InChI is InChI=1S/C4H6NO2/c1-6-4-2-7-3-5-4/h3H,2H2,1H3. The summed E-state index contributed by atoms with van der Waals surface area (Å²) in [6, 6.07) is 0. The molecule has 0 atom stereocenters. The van der Waals surface area contributed by atoms with E-state index in [0.717, 1.165) is 0 Å². The minimum atomic E-state index is 0.483. The van der Waals surface area contributed by atoms with Crippen LogP contribution >= 0.6 is 0 Å². The quantitative estimate of drug-likeness (QED) is 0.434. The molecule has 3 nitrogen and oxygen atoms in total. The summed E-state index contributed by atoms with van der Waals surface area (Å²) in [7, 11) is 1.57. The summed E-state index contributed by atoms with van der Waals surface area (Å²) in [6.07, 6.45) is 0. The molecule has 1 aliphatic rings. The number of ether oxygens (including phenoxy) is 2. The Hall–Kier alpha value is -0.570. The molecule has 0 aromatic rings. The van der Waals surface area contributed by atoms with Crippen LogP contribution in [0.1, 0.15) is 0 Å². The van der Waals surface area contributed by atoms with Gasteiger partial charge in [0, 0.05) is 0 Å². The van der Waals surface area contributed by atoms with Crippen LogP contribution in [-0.2, 0) is 9.47 Å². The van der Waals surface area contributed by atoms with Crippen molar-refractivity contribution in [2.45, 2.75) is 0 Å². The molecule has 0 fully saturated rings. The molecule has 0 spiro atoms. The second kappa shape index (κ2) is 1.93. The van der Waals surface area contributed by atoms with Crippen LogP contribution in [0.15, 0.2) is 4.99 Å². The summed E-state index contributed by atoms with van der Waals surface area (Å²) < 4.78 is 9.40. The second-order valence-corrected chi connectivity index (χ2v) is 1.14. The van der Waals surface area contributed by atoms with Gasteiger partial charge in [-0.05, 0) is 0 Å². The molecular formula is C4H6NO2. The summed E-state index contributed by atoms with van der Waals surface area (Å²) in [4.78, 5) is 3.70. The van der Waals surface area contributed by atoms with Crippen LogP contribution in [0.25, 0.3) is 0 Å². The third kappa shape index (κ3) is 0.899. The van der Waals surface area contributed by atoms with E-state index in [1.165, 1.54) is 6.73 Å². The van der Waals surface area contributed by atoms with Crippen LogP contribution in [0.3, 0.4) is 0 Å². The maximum Gasteiger partial charge on any atom is 0.212 e. The summed E-state index contributed by atoms with van der Waals surface area (Å²) >= 11 is 0. The lowest BCUT2D eigenvalue weighted by molar-refractivity contribution is 0.250. The number of hydrogen-bond acceptors (Lipinski definition) is 3. The fourth-order valence-electron chi connectivity index (χ4n) is 0.354. The highest BCUT2D eigenvalue weighted by Crippen LogP contribution is 1.96. The zero-order valence-corrected chi connectivity index (χ0v) is 4.05. The molecule has 1 rings (SSSR count). The van der Waals surface area contributed by atoms with Gasteiger partial charge in [-0.25, -0.2) is 4.99 Å². The maximum absolute atomic E-state index is 4.70. The Morgan fingerprint density at radius 3 is 3.14 bits per heavy atom. The molecule has 1 radical (unpaired) electrons. The van der Waals surface area contributed by atoms with E-state index in [4.69, 9.17) is 9.47 Å². The summed E-state index contributed by atoms with van der Waals surface area (Å²) in [5, 5.41) is 0. The van der Waals surface area contributed by atoms with Gasteiger partial charge in [-0.2, -0.15) is 0 Å². The first-order valence-corrected chi connectivity index (χ1v) is 1.97. The largest absolute Gasteiger partial charge is 0.483 e. The van der Waals surface area contributed by atoms with E-state index >= 15 is 0 Å². The Morgan fingerprint density at radius 1 is 2.00 bits per heavy atom. The van der Waals surface area contributed by atoms with Crippen molar-refractivity contribution in [2.75, 3.05) is 13.7 Å². The van der Waals surface area contributed by atoms with Crippen molar-refractivity contribution in [1.29, 1.82) is 0 Å². The van der Waals surface area contributed by atoms with Gasteiger partial charge in [-0.1, -0.05) is 0 Å². The van der Waals surface area contributed by atoms with Gasteiger partial charge >= 0.3 is 0 Å². The van der Waals surface area contributed by atoms with E-state index in [0.29, 0.717) is 12.5 Å². The number of nitrogens with zero attached hydrogens (tertiary/aromatic N) is 1. The van der Waals surface area contributed by atoms with E-state index in [9.17, 15) is 0 Å². The molecule has 1 aliphatic heterocycles. The smallest absolute Gasteiger partial charge is 0.212 e. The minimum absolute atomic E-state index is 0.483. The van der Waals surface area contributed by atoms with E-state index in [2.05, 4.69) is 4.99 Å². The topological polar surface area (TPSA) is 30.8 Å². The molecule has 0 aromatic heterocycles. The summed E-state index contributed by atoms with van der Waals surface area (Å²) in [5.41, 5.74) is 0. The first kappa shape index (κ1) is 4.59. The molecular weight excluding hydrogens is 94.0 g/mol. The van der Waals surface area contributed by atoms with Crippen LogP contribution in [0.2, 0.25) is 0 Å². The highest BCUT2D eigenvalue weighted by atomic mass is 16.5. The van der Waals surface area contributed by atoms with Crippen LogP contribution in [0, 0.1) is 6.73 Å².